The Hall–Kier alpha value is -0.900. The van der Waals surface area contributed by atoms with Crippen LogP contribution in [0.5, 0.6) is 0 Å². The van der Waals surface area contributed by atoms with Crippen molar-refractivity contribution < 1.29 is 4.68 Å². The molecular weight excluding hydrogens is 128 g/mol. The summed E-state index contributed by atoms with van der Waals surface area (Å²) in [6.07, 6.45) is 0. The molecule has 2 rings (SSSR count). The van der Waals surface area contributed by atoms with E-state index in [0.717, 1.165) is 13.1 Å². The van der Waals surface area contributed by atoms with Crippen LogP contribution in [0.25, 0.3) is 0 Å². The number of aromatic nitrogens is 3. The van der Waals surface area contributed by atoms with Crippen LogP contribution in [0, 0.1) is 0 Å². The van der Waals surface area contributed by atoms with Gasteiger partial charge in [0, 0.05) is 5.10 Å². The molecule has 0 saturated carbocycles. The predicted molar refractivity (Wildman–Crippen MR) is 34.9 cm³/mol. The summed E-state index contributed by atoms with van der Waals surface area (Å²) in [5, 5.41) is 7.04. The van der Waals surface area contributed by atoms with Gasteiger partial charge in [0.15, 0.2) is 5.69 Å². The summed E-state index contributed by atoms with van der Waals surface area (Å²) in [6, 6.07) is 0. The molecule has 0 unspecified atom stereocenters. The summed E-state index contributed by atoms with van der Waals surface area (Å²) in [7, 11) is 4.09. The van der Waals surface area contributed by atoms with Crippen molar-refractivity contribution in [1.82, 2.24) is 15.2 Å². The lowest BCUT2D eigenvalue weighted by Crippen LogP contribution is -2.35. The smallest absolute Gasteiger partial charge is 0.236 e. The second-order valence-corrected chi connectivity index (χ2v) is 2.84. The molecule has 0 radical (unpaired) electrons. The highest BCUT2D eigenvalue weighted by atomic mass is 15.4. The summed E-state index contributed by atoms with van der Waals surface area (Å²) < 4.78 is 1.97. The third-order valence-electron chi connectivity index (χ3n) is 1.91. The van der Waals surface area contributed by atoms with E-state index in [1.807, 2.05) is 11.7 Å². The Bertz CT molecular complexity index is 252. The quantitative estimate of drug-likeness (QED) is 0.477. The summed E-state index contributed by atoms with van der Waals surface area (Å²) in [4.78, 5) is 2.24. The maximum absolute atomic E-state index is 4.14. The van der Waals surface area contributed by atoms with Crippen LogP contribution in [-0.2, 0) is 20.1 Å². The lowest BCUT2D eigenvalue weighted by molar-refractivity contribution is -0.737. The van der Waals surface area contributed by atoms with E-state index in [1.165, 1.54) is 11.4 Å². The first-order valence-electron chi connectivity index (χ1n) is 3.38. The van der Waals surface area contributed by atoms with Crippen molar-refractivity contribution in [3.05, 3.63) is 11.4 Å². The van der Waals surface area contributed by atoms with Crippen molar-refractivity contribution in [1.29, 1.82) is 0 Å². The molecule has 0 saturated heterocycles. The van der Waals surface area contributed by atoms with E-state index in [0.29, 0.717) is 0 Å². The molecular formula is C6H11N4+. The second-order valence-electron chi connectivity index (χ2n) is 2.84. The van der Waals surface area contributed by atoms with Gasteiger partial charge in [-0.2, -0.15) is 4.68 Å². The molecule has 1 aliphatic heterocycles. The highest BCUT2D eigenvalue weighted by Crippen LogP contribution is 2.13. The molecule has 0 aromatic carbocycles. The average Bonchev–Trinajstić information content (AvgIpc) is 2.35. The summed E-state index contributed by atoms with van der Waals surface area (Å²) in [6.45, 7) is 2.00. The molecule has 1 aliphatic rings. The molecule has 1 aromatic rings. The number of hydrogen-bond donors (Lipinski definition) is 1. The van der Waals surface area contributed by atoms with E-state index >= 15 is 0 Å². The fraction of sp³-hybridized carbons (Fsp3) is 0.667. The van der Waals surface area contributed by atoms with Gasteiger partial charge in [0.2, 0.25) is 5.69 Å². The number of H-pyrrole nitrogens is 1. The van der Waals surface area contributed by atoms with E-state index in [4.69, 9.17) is 0 Å². The van der Waals surface area contributed by atoms with Crippen molar-refractivity contribution in [3.63, 3.8) is 0 Å². The zero-order chi connectivity index (χ0) is 7.14. The fourth-order valence-corrected chi connectivity index (χ4v) is 1.35. The first-order valence-corrected chi connectivity index (χ1v) is 3.38. The van der Waals surface area contributed by atoms with Crippen LogP contribution in [0.3, 0.4) is 0 Å². The van der Waals surface area contributed by atoms with Crippen LogP contribution >= 0.6 is 0 Å². The molecule has 0 amide bonds. The highest BCUT2D eigenvalue weighted by molar-refractivity contribution is 5.08. The van der Waals surface area contributed by atoms with Gasteiger partial charge >= 0.3 is 0 Å². The lowest BCUT2D eigenvalue weighted by atomic mass is 10.4. The number of aryl methyl sites for hydroxylation is 1. The largest absolute Gasteiger partial charge is 0.290 e. The van der Waals surface area contributed by atoms with Crippen molar-refractivity contribution in [2.24, 2.45) is 7.05 Å². The Labute approximate surface area is 59.4 Å². The standard InChI is InChI=1S/C6H10N4/c1-9-3-5-6(4-9)10(2)8-7-5/h3-4H2,1-2H3/p+1. The highest BCUT2D eigenvalue weighted by Gasteiger charge is 2.27. The van der Waals surface area contributed by atoms with Crippen molar-refractivity contribution >= 4 is 0 Å². The van der Waals surface area contributed by atoms with Crippen LogP contribution in [0.2, 0.25) is 0 Å². The molecule has 0 aliphatic carbocycles. The van der Waals surface area contributed by atoms with E-state index in [2.05, 4.69) is 22.3 Å². The molecule has 10 heavy (non-hydrogen) atoms. The monoisotopic (exact) mass is 139 g/mol. The molecule has 0 bridgehead atoms. The lowest BCUT2D eigenvalue weighted by Gasteiger charge is -2.01. The Kier molecular flexibility index (Phi) is 1.05. The molecule has 2 heterocycles. The SMILES string of the molecule is CN1Cc2n[nH][n+](C)c2C1. The zero-order valence-corrected chi connectivity index (χ0v) is 6.26. The van der Waals surface area contributed by atoms with Crippen LogP contribution in [0.4, 0.5) is 0 Å². The first kappa shape index (κ1) is 5.85. The first-order chi connectivity index (χ1) is 4.77. The van der Waals surface area contributed by atoms with Gasteiger partial charge in [-0.1, -0.05) is 5.21 Å². The number of fused-ring (bicyclic) bond motifs is 1. The van der Waals surface area contributed by atoms with Gasteiger partial charge in [-0.15, -0.1) is 0 Å². The summed E-state index contributed by atoms with van der Waals surface area (Å²) >= 11 is 0. The summed E-state index contributed by atoms with van der Waals surface area (Å²) in [5.41, 5.74) is 2.49. The molecule has 1 N–H and O–H groups in total. The predicted octanol–water partition coefficient (Wildman–Crippen LogP) is -0.820. The van der Waals surface area contributed by atoms with Gasteiger partial charge in [-0.3, -0.25) is 4.90 Å². The fourth-order valence-electron chi connectivity index (χ4n) is 1.35. The van der Waals surface area contributed by atoms with E-state index in [-0.39, 0.29) is 0 Å². The number of rotatable bonds is 0. The van der Waals surface area contributed by atoms with Crippen molar-refractivity contribution in [3.8, 4) is 0 Å². The number of nitrogens with one attached hydrogen (secondary N) is 1. The number of nitrogens with zero attached hydrogens (tertiary/aromatic N) is 3. The molecule has 0 spiro atoms. The summed E-state index contributed by atoms with van der Waals surface area (Å²) in [5.74, 6) is 0. The van der Waals surface area contributed by atoms with Gasteiger partial charge < -0.3 is 0 Å². The minimum atomic E-state index is 0.979. The maximum atomic E-state index is 4.14. The third-order valence-corrected chi connectivity index (χ3v) is 1.91. The van der Waals surface area contributed by atoms with Gasteiger partial charge in [-0.25, -0.2) is 0 Å². The Morgan fingerprint density at radius 1 is 1.60 bits per heavy atom. The Morgan fingerprint density at radius 2 is 2.40 bits per heavy atom. The van der Waals surface area contributed by atoms with Crippen molar-refractivity contribution in [2.75, 3.05) is 7.05 Å². The molecule has 1 aromatic heterocycles. The average molecular weight is 139 g/mol. The minimum absolute atomic E-state index is 0.979. The topological polar surface area (TPSA) is 35.8 Å². The Balaban J connectivity index is 2.44. The molecule has 0 fully saturated rings. The molecule has 4 nitrogen and oxygen atoms in total. The van der Waals surface area contributed by atoms with Crippen LogP contribution in [-0.4, -0.2) is 22.3 Å². The maximum Gasteiger partial charge on any atom is 0.236 e. The van der Waals surface area contributed by atoms with Gasteiger partial charge in [0.05, 0.1) is 13.1 Å². The van der Waals surface area contributed by atoms with E-state index < -0.39 is 0 Å². The van der Waals surface area contributed by atoms with Crippen LogP contribution in [0.15, 0.2) is 0 Å². The van der Waals surface area contributed by atoms with Crippen molar-refractivity contribution in [2.45, 2.75) is 13.1 Å². The van der Waals surface area contributed by atoms with Crippen LogP contribution in [0.1, 0.15) is 11.4 Å². The van der Waals surface area contributed by atoms with E-state index in [1.54, 1.807) is 0 Å². The minimum Gasteiger partial charge on any atom is -0.290 e. The van der Waals surface area contributed by atoms with Crippen LogP contribution < -0.4 is 4.68 Å². The number of aromatic amines is 1. The third kappa shape index (κ3) is 0.654. The normalized spacial score (nSPS) is 17.8. The van der Waals surface area contributed by atoms with E-state index in [9.17, 15) is 0 Å². The molecule has 54 valence electrons. The van der Waals surface area contributed by atoms with Gasteiger partial charge in [0.25, 0.3) is 0 Å². The zero-order valence-electron chi connectivity index (χ0n) is 6.26. The van der Waals surface area contributed by atoms with Gasteiger partial charge in [0.1, 0.15) is 7.05 Å². The second kappa shape index (κ2) is 1.79. The Morgan fingerprint density at radius 3 is 3.10 bits per heavy atom. The van der Waals surface area contributed by atoms with Gasteiger partial charge in [-0.05, 0) is 7.05 Å². The number of hydrogen-bond acceptors (Lipinski definition) is 2. The molecule has 4 heteroatoms. The molecule has 0 atom stereocenters.